The van der Waals surface area contributed by atoms with E-state index < -0.39 is 16.1 Å². The number of hydrogen-bond acceptors (Lipinski definition) is 5. The van der Waals surface area contributed by atoms with Gasteiger partial charge in [0.15, 0.2) is 11.5 Å². The monoisotopic (exact) mass is 374 g/mol. The lowest BCUT2D eigenvalue weighted by atomic mass is 10.0. The molecule has 1 N–H and O–H groups in total. The summed E-state index contributed by atoms with van der Waals surface area (Å²) >= 11 is 0. The maximum atomic E-state index is 12.3. The van der Waals surface area contributed by atoms with Crippen molar-refractivity contribution in [1.29, 1.82) is 0 Å². The van der Waals surface area contributed by atoms with Gasteiger partial charge in [0.05, 0.1) is 32.2 Å². The van der Waals surface area contributed by atoms with Crippen LogP contribution < -0.4 is 14.9 Å². The van der Waals surface area contributed by atoms with Gasteiger partial charge in [0.25, 0.3) is 0 Å². The third kappa shape index (κ3) is 3.54. The van der Waals surface area contributed by atoms with Crippen LogP contribution in [0.2, 0.25) is 0 Å². The molecule has 0 spiro atoms. The Labute approximate surface area is 154 Å². The molecular formula is C19H22N2O4S. The van der Waals surface area contributed by atoms with E-state index in [2.05, 4.69) is 5.43 Å². The van der Waals surface area contributed by atoms with Crippen LogP contribution >= 0.6 is 0 Å². The van der Waals surface area contributed by atoms with Crippen molar-refractivity contribution >= 4 is 15.7 Å². The van der Waals surface area contributed by atoms with Crippen LogP contribution in [0.3, 0.4) is 0 Å². The van der Waals surface area contributed by atoms with E-state index in [1.165, 1.54) is 10.7 Å². The van der Waals surface area contributed by atoms with Crippen LogP contribution in [0.1, 0.15) is 22.7 Å². The summed E-state index contributed by atoms with van der Waals surface area (Å²) in [5.74, 6) is 1.20. The summed E-state index contributed by atoms with van der Waals surface area (Å²) in [5.41, 5.74) is 6.50. The quantitative estimate of drug-likeness (QED) is 0.872. The molecule has 0 aromatic heterocycles. The second-order valence-corrected chi connectivity index (χ2v) is 8.04. The molecule has 0 amide bonds. The molecule has 26 heavy (non-hydrogen) atoms. The van der Waals surface area contributed by atoms with Crippen molar-refractivity contribution in [3.05, 3.63) is 65.2 Å². The number of ether oxygens (including phenoxy) is 2. The highest BCUT2D eigenvalue weighted by Crippen LogP contribution is 2.36. The van der Waals surface area contributed by atoms with Crippen LogP contribution in [0.25, 0.3) is 5.70 Å². The molecule has 0 bridgehead atoms. The van der Waals surface area contributed by atoms with Gasteiger partial charge in [-0.05, 0) is 36.8 Å². The number of sulfonamides is 1. The third-order valence-electron chi connectivity index (χ3n) is 4.24. The average Bonchev–Trinajstić information content (AvgIpc) is 3.07. The van der Waals surface area contributed by atoms with Gasteiger partial charge in [-0.1, -0.05) is 29.8 Å². The Morgan fingerprint density at radius 3 is 2.38 bits per heavy atom. The average molecular weight is 374 g/mol. The molecule has 1 heterocycles. The number of hydrazine groups is 1. The number of nitrogens with one attached hydrogen (secondary N) is 1. The van der Waals surface area contributed by atoms with Crippen molar-refractivity contribution in [2.75, 3.05) is 20.5 Å². The van der Waals surface area contributed by atoms with E-state index in [1.807, 2.05) is 49.4 Å². The smallest absolute Gasteiger partial charge is 0.228 e. The summed E-state index contributed by atoms with van der Waals surface area (Å²) in [6.07, 6.45) is 3.09. The zero-order valence-electron chi connectivity index (χ0n) is 15.2. The minimum absolute atomic E-state index is 0.423. The molecule has 0 unspecified atom stereocenters. The fourth-order valence-electron chi connectivity index (χ4n) is 2.99. The van der Waals surface area contributed by atoms with Crippen molar-refractivity contribution in [3.8, 4) is 11.5 Å². The standard InChI is InChI=1S/C19H22N2O4S/c1-13-6-5-7-15(10-13)17-12-16(20-21(17)26(4,22)23)14-8-9-18(24-2)19(11-14)25-3/h5-12,17,20H,1-4H3/t17-/m0/s1. The topological polar surface area (TPSA) is 67.9 Å². The van der Waals surface area contributed by atoms with E-state index in [9.17, 15) is 8.42 Å². The number of methoxy groups -OCH3 is 2. The molecule has 1 atom stereocenters. The molecule has 6 nitrogen and oxygen atoms in total. The van der Waals surface area contributed by atoms with Crippen LogP contribution in [-0.4, -0.2) is 33.3 Å². The number of aryl methyl sites for hydroxylation is 1. The van der Waals surface area contributed by atoms with E-state index >= 15 is 0 Å². The minimum Gasteiger partial charge on any atom is -0.493 e. The number of benzene rings is 2. The molecule has 2 aromatic rings. The molecule has 0 fully saturated rings. The Hall–Kier alpha value is -2.51. The van der Waals surface area contributed by atoms with E-state index in [-0.39, 0.29) is 0 Å². The number of rotatable bonds is 5. The van der Waals surface area contributed by atoms with Crippen LogP contribution in [0.15, 0.2) is 48.5 Å². The lowest BCUT2D eigenvalue weighted by Gasteiger charge is -2.23. The highest BCUT2D eigenvalue weighted by Gasteiger charge is 2.33. The van der Waals surface area contributed by atoms with E-state index in [0.717, 1.165) is 16.7 Å². The van der Waals surface area contributed by atoms with E-state index in [0.29, 0.717) is 17.2 Å². The van der Waals surface area contributed by atoms with Crippen LogP contribution in [-0.2, 0) is 10.0 Å². The van der Waals surface area contributed by atoms with Gasteiger partial charge >= 0.3 is 0 Å². The van der Waals surface area contributed by atoms with Crippen LogP contribution in [0.4, 0.5) is 0 Å². The molecule has 0 saturated carbocycles. The SMILES string of the molecule is COc1ccc(C2=C[C@@H](c3cccc(C)c3)N(S(C)(=O)=O)N2)cc1OC. The zero-order chi connectivity index (χ0) is 18.9. The lowest BCUT2D eigenvalue weighted by Crippen LogP contribution is -2.38. The van der Waals surface area contributed by atoms with Crippen molar-refractivity contribution in [2.45, 2.75) is 13.0 Å². The molecule has 138 valence electrons. The molecule has 3 rings (SSSR count). The zero-order valence-corrected chi connectivity index (χ0v) is 16.0. The van der Waals surface area contributed by atoms with Gasteiger partial charge in [0.2, 0.25) is 10.0 Å². The maximum Gasteiger partial charge on any atom is 0.228 e. The summed E-state index contributed by atoms with van der Waals surface area (Å²) in [5, 5.41) is 0. The predicted octanol–water partition coefficient (Wildman–Crippen LogP) is 2.87. The van der Waals surface area contributed by atoms with Gasteiger partial charge < -0.3 is 14.9 Å². The normalized spacial score (nSPS) is 17.5. The Morgan fingerprint density at radius 1 is 1.04 bits per heavy atom. The first kappa shape index (κ1) is 18.3. The molecule has 1 aliphatic heterocycles. The predicted molar refractivity (Wildman–Crippen MR) is 101 cm³/mol. The fraction of sp³-hybridized carbons (Fsp3) is 0.263. The van der Waals surface area contributed by atoms with Gasteiger partial charge in [-0.15, -0.1) is 4.41 Å². The molecule has 2 aromatic carbocycles. The largest absolute Gasteiger partial charge is 0.493 e. The third-order valence-corrected chi connectivity index (χ3v) is 5.28. The van der Waals surface area contributed by atoms with E-state index in [4.69, 9.17) is 9.47 Å². The molecule has 0 radical (unpaired) electrons. The summed E-state index contributed by atoms with van der Waals surface area (Å²) in [7, 11) is -0.329. The Balaban J connectivity index is 2.05. The second kappa shape index (κ2) is 7.01. The molecule has 7 heteroatoms. The van der Waals surface area contributed by atoms with Gasteiger partial charge in [0, 0.05) is 5.56 Å². The van der Waals surface area contributed by atoms with Gasteiger partial charge in [0.1, 0.15) is 0 Å². The summed E-state index contributed by atoms with van der Waals surface area (Å²) in [6.45, 7) is 1.98. The van der Waals surface area contributed by atoms with Crippen molar-refractivity contribution in [1.82, 2.24) is 9.84 Å². The number of hydrogen-bond donors (Lipinski definition) is 1. The first-order valence-electron chi connectivity index (χ1n) is 8.10. The van der Waals surface area contributed by atoms with Crippen LogP contribution in [0, 0.1) is 6.92 Å². The lowest BCUT2D eigenvalue weighted by molar-refractivity contribution is 0.350. The summed E-state index contributed by atoms with van der Waals surface area (Å²) < 4.78 is 36.5. The van der Waals surface area contributed by atoms with Crippen molar-refractivity contribution in [2.24, 2.45) is 0 Å². The minimum atomic E-state index is -3.47. The molecular weight excluding hydrogens is 352 g/mol. The van der Waals surface area contributed by atoms with Gasteiger partial charge in [-0.3, -0.25) is 0 Å². The first-order chi connectivity index (χ1) is 12.3. The Bertz CT molecular complexity index is 954. The Kier molecular flexibility index (Phi) is 4.93. The molecule has 1 aliphatic rings. The number of nitrogens with zero attached hydrogens (tertiary/aromatic N) is 1. The van der Waals surface area contributed by atoms with Crippen molar-refractivity contribution in [3.63, 3.8) is 0 Å². The van der Waals surface area contributed by atoms with Crippen LogP contribution in [0.5, 0.6) is 11.5 Å². The maximum absolute atomic E-state index is 12.3. The summed E-state index contributed by atoms with van der Waals surface area (Å²) in [4.78, 5) is 0. The highest BCUT2D eigenvalue weighted by molar-refractivity contribution is 7.88. The molecule has 0 aliphatic carbocycles. The van der Waals surface area contributed by atoms with E-state index in [1.54, 1.807) is 20.3 Å². The Morgan fingerprint density at radius 2 is 1.77 bits per heavy atom. The van der Waals surface area contributed by atoms with Gasteiger partial charge in [-0.2, -0.15) is 0 Å². The molecule has 0 saturated heterocycles. The first-order valence-corrected chi connectivity index (χ1v) is 9.95. The van der Waals surface area contributed by atoms with Crippen molar-refractivity contribution < 1.29 is 17.9 Å². The highest BCUT2D eigenvalue weighted by atomic mass is 32.2. The van der Waals surface area contributed by atoms with Gasteiger partial charge in [-0.25, -0.2) is 8.42 Å². The summed E-state index contributed by atoms with van der Waals surface area (Å²) in [6, 6.07) is 12.9. The second-order valence-electron chi connectivity index (χ2n) is 6.18. The fourth-order valence-corrected chi connectivity index (χ4v) is 3.85.